The summed E-state index contributed by atoms with van der Waals surface area (Å²) in [6.45, 7) is 1.80. The third-order valence-corrected chi connectivity index (χ3v) is 4.13. The van der Waals surface area contributed by atoms with E-state index in [-0.39, 0.29) is 11.2 Å². The van der Waals surface area contributed by atoms with Gasteiger partial charge in [0.15, 0.2) is 0 Å². The van der Waals surface area contributed by atoms with E-state index in [1.54, 1.807) is 37.4 Å². The molecular weight excluding hydrogens is 294 g/mol. The van der Waals surface area contributed by atoms with Gasteiger partial charge in [0.2, 0.25) is 5.91 Å². The number of nitrogens with one attached hydrogen (secondary N) is 1. The summed E-state index contributed by atoms with van der Waals surface area (Å²) in [7, 11) is 0. The number of nitrogen functional groups attached to an aromatic ring is 1. The highest BCUT2D eigenvalue weighted by molar-refractivity contribution is 8.00. The standard InChI is InChI=1S/C14H14ClN3OS/c1-9(20-14-10(15)5-4-8-17-14)13(19)18-12-7-3-2-6-11(12)16/h2-9H,16H2,1H3,(H,18,19). The monoisotopic (exact) mass is 307 g/mol. The van der Waals surface area contributed by atoms with Crippen molar-refractivity contribution in [2.45, 2.75) is 17.2 Å². The van der Waals surface area contributed by atoms with Gasteiger partial charge in [0.1, 0.15) is 5.03 Å². The summed E-state index contributed by atoms with van der Waals surface area (Å²) in [4.78, 5) is 16.3. The molecule has 0 spiro atoms. The molecule has 0 saturated carbocycles. The molecule has 0 bridgehead atoms. The molecule has 1 amide bonds. The van der Waals surface area contributed by atoms with Crippen LogP contribution in [-0.4, -0.2) is 16.1 Å². The number of carbonyl (C=O) groups is 1. The minimum absolute atomic E-state index is 0.144. The predicted molar refractivity (Wildman–Crippen MR) is 84.1 cm³/mol. The number of hydrogen-bond donors (Lipinski definition) is 2. The van der Waals surface area contributed by atoms with Crippen LogP contribution in [0, 0.1) is 0 Å². The Balaban J connectivity index is 2.03. The van der Waals surface area contributed by atoms with Crippen LogP contribution in [0.15, 0.2) is 47.6 Å². The smallest absolute Gasteiger partial charge is 0.237 e. The van der Waals surface area contributed by atoms with Crippen LogP contribution < -0.4 is 11.1 Å². The van der Waals surface area contributed by atoms with Gasteiger partial charge in [0, 0.05) is 6.20 Å². The van der Waals surface area contributed by atoms with E-state index in [0.717, 1.165) is 0 Å². The largest absolute Gasteiger partial charge is 0.397 e. The second kappa shape index (κ2) is 6.63. The molecule has 0 aliphatic heterocycles. The molecule has 0 aliphatic rings. The number of nitrogens with two attached hydrogens (primary N) is 1. The average molecular weight is 308 g/mol. The van der Waals surface area contributed by atoms with Crippen LogP contribution in [0.3, 0.4) is 0 Å². The number of anilines is 2. The molecule has 1 heterocycles. The molecule has 0 saturated heterocycles. The van der Waals surface area contributed by atoms with Crippen LogP contribution >= 0.6 is 23.4 Å². The van der Waals surface area contributed by atoms with E-state index in [1.807, 2.05) is 12.1 Å². The van der Waals surface area contributed by atoms with E-state index in [0.29, 0.717) is 21.4 Å². The first kappa shape index (κ1) is 14.7. The first-order valence-electron chi connectivity index (χ1n) is 6.00. The maximum atomic E-state index is 12.1. The molecule has 104 valence electrons. The zero-order valence-corrected chi connectivity index (χ0v) is 12.4. The van der Waals surface area contributed by atoms with Gasteiger partial charge in [0.25, 0.3) is 0 Å². The summed E-state index contributed by atoms with van der Waals surface area (Å²) >= 11 is 7.33. The number of thioether (sulfide) groups is 1. The molecule has 1 atom stereocenters. The van der Waals surface area contributed by atoms with E-state index in [1.165, 1.54) is 11.8 Å². The highest BCUT2D eigenvalue weighted by Gasteiger charge is 2.17. The van der Waals surface area contributed by atoms with Crippen molar-refractivity contribution in [1.29, 1.82) is 0 Å². The predicted octanol–water partition coefficient (Wildman–Crippen LogP) is 3.44. The van der Waals surface area contributed by atoms with Crippen molar-refractivity contribution in [1.82, 2.24) is 4.98 Å². The van der Waals surface area contributed by atoms with Crippen molar-refractivity contribution in [3.63, 3.8) is 0 Å². The number of halogens is 1. The third-order valence-electron chi connectivity index (χ3n) is 2.60. The number of amides is 1. The second-order valence-electron chi connectivity index (χ2n) is 4.13. The molecule has 0 radical (unpaired) electrons. The number of carbonyl (C=O) groups excluding carboxylic acids is 1. The Kier molecular flexibility index (Phi) is 4.87. The zero-order valence-electron chi connectivity index (χ0n) is 10.8. The number of hydrogen-bond acceptors (Lipinski definition) is 4. The molecule has 20 heavy (non-hydrogen) atoms. The summed E-state index contributed by atoms with van der Waals surface area (Å²) < 4.78 is 0. The summed E-state index contributed by atoms with van der Waals surface area (Å²) in [6, 6.07) is 10.6. The minimum Gasteiger partial charge on any atom is -0.397 e. The van der Waals surface area contributed by atoms with Crippen molar-refractivity contribution >= 4 is 40.6 Å². The van der Waals surface area contributed by atoms with Crippen molar-refractivity contribution < 1.29 is 4.79 Å². The fraction of sp³-hybridized carbons (Fsp3) is 0.143. The molecule has 0 aliphatic carbocycles. The van der Waals surface area contributed by atoms with Crippen LogP contribution in [0.4, 0.5) is 11.4 Å². The van der Waals surface area contributed by atoms with Crippen LogP contribution in [0.1, 0.15) is 6.92 Å². The lowest BCUT2D eigenvalue weighted by atomic mass is 10.2. The molecule has 1 aromatic carbocycles. The van der Waals surface area contributed by atoms with E-state index in [2.05, 4.69) is 10.3 Å². The first-order chi connectivity index (χ1) is 9.58. The van der Waals surface area contributed by atoms with Crippen LogP contribution in [-0.2, 0) is 4.79 Å². The van der Waals surface area contributed by atoms with Crippen LogP contribution in [0.2, 0.25) is 5.02 Å². The molecule has 1 unspecified atom stereocenters. The van der Waals surface area contributed by atoms with Gasteiger partial charge in [-0.05, 0) is 31.2 Å². The highest BCUT2D eigenvalue weighted by atomic mass is 35.5. The fourth-order valence-electron chi connectivity index (χ4n) is 1.52. The number of aromatic nitrogens is 1. The summed E-state index contributed by atoms with van der Waals surface area (Å²) in [6.07, 6.45) is 1.65. The van der Waals surface area contributed by atoms with Gasteiger partial charge in [-0.3, -0.25) is 4.79 Å². The minimum atomic E-state index is -0.331. The van der Waals surface area contributed by atoms with Gasteiger partial charge in [-0.1, -0.05) is 35.5 Å². The summed E-state index contributed by atoms with van der Waals surface area (Å²) in [5.41, 5.74) is 6.94. The Bertz CT molecular complexity index is 621. The Labute approximate surface area is 126 Å². The molecule has 2 rings (SSSR count). The second-order valence-corrected chi connectivity index (χ2v) is 5.86. The Morgan fingerprint density at radius 2 is 2.10 bits per heavy atom. The molecule has 1 aromatic heterocycles. The number of pyridine rings is 1. The van der Waals surface area contributed by atoms with Gasteiger partial charge in [-0.2, -0.15) is 0 Å². The SMILES string of the molecule is CC(Sc1ncccc1Cl)C(=O)Nc1ccccc1N. The Morgan fingerprint density at radius 1 is 1.35 bits per heavy atom. The molecular formula is C14H14ClN3OS. The molecule has 4 nitrogen and oxygen atoms in total. The van der Waals surface area contributed by atoms with E-state index in [9.17, 15) is 4.79 Å². The third kappa shape index (κ3) is 3.65. The number of nitrogens with zero attached hydrogens (tertiary/aromatic N) is 1. The molecule has 6 heteroatoms. The lowest BCUT2D eigenvalue weighted by Gasteiger charge is -2.13. The summed E-state index contributed by atoms with van der Waals surface area (Å²) in [5, 5.41) is 3.64. The maximum absolute atomic E-state index is 12.1. The number of rotatable bonds is 4. The first-order valence-corrected chi connectivity index (χ1v) is 7.26. The summed E-state index contributed by atoms with van der Waals surface area (Å²) in [5.74, 6) is -0.144. The van der Waals surface area contributed by atoms with E-state index in [4.69, 9.17) is 17.3 Å². The quantitative estimate of drug-likeness (QED) is 0.670. The van der Waals surface area contributed by atoms with Crippen molar-refractivity contribution in [2.24, 2.45) is 0 Å². The fourth-order valence-corrected chi connectivity index (χ4v) is 2.58. The Hall–Kier alpha value is -1.72. The lowest BCUT2D eigenvalue weighted by molar-refractivity contribution is -0.115. The lowest BCUT2D eigenvalue weighted by Crippen LogP contribution is -2.23. The Morgan fingerprint density at radius 3 is 2.80 bits per heavy atom. The van der Waals surface area contributed by atoms with Crippen molar-refractivity contribution in [3.8, 4) is 0 Å². The maximum Gasteiger partial charge on any atom is 0.237 e. The number of benzene rings is 1. The van der Waals surface area contributed by atoms with Gasteiger partial charge >= 0.3 is 0 Å². The van der Waals surface area contributed by atoms with E-state index < -0.39 is 0 Å². The van der Waals surface area contributed by atoms with Crippen LogP contribution in [0.25, 0.3) is 0 Å². The topological polar surface area (TPSA) is 68.0 Å². The van der Waals surface area contributed by atoms with Gasteiger partial charge in [0.05, 0.1) is 21.6 Å². The van der Waals surface area contributed by atoms with E-state index >= 15 is 0 Å². The highest BCUT2D eigenvalue weighted by Crippen LogP contribution is 2.28. The average Bonchev–Trinajstić information content (AvgIpc) is 2.43. The molecule has 2 aromatic rings. The van der Waals surface area contributed by atoms with Crippen LogP contribution in [0.5, 0.6) is 0 Å². The molecule has 0 fully saturated rings. The number of para-hydroxylation sites is 2. The van der Waals surface area contributed by atoms with Gasteiger partial charge in [-0.25, -0.2) is 4.98 Å². The zero-order chi connectivity index (χ0) is 14.5. The van der Waals surface area contributed by atoms with Gasteiger partial charge < -0.3 is 11.1 Å². The van der Waals surface area contributed by atoms with Gasteiger partial charge in [-0.15, -0.1) is 0 Å². The molecule has 3 N–H and O–H groups in total. The normalized spacial score (nSPS) is 11.9. The van der Waals surface area contributed by atoms with Crippen molar-refractivity contribution in [3.05, 3.63) is 47.6 Å². The van der Waals surface area contributed by atoms with Crippen molar-refractivity contribution in [2.75, 3.05) is 11.1 Å².